The van der Waals surface area contributed by atoms with Crippen LogP contribution in [0.25, 0.3) is 0 Å². The minimum absolute atomic E-state index is 0.176. The van der Waals surface area contributed by atoms with E-state index in [2.05, 4.69) is 97.6 Å². The maximum atomic E-state index is 11.1. The molecule has 3 heteroatoms. The third kappa shape index (κ3) is 9.46. The minimum atomic E-state index is -0.935. The monoisotopic (exact) mass is 492 g/mol. The maximum Gasteiger partial charge on any atom is 0.330 e. The number of hydrogen-bond acceptors (Lipinski definition) is 2. The summed E-state index contributed by atoms with van der Waals surface area (Å²) in [7, 11) is 0. The summed E-state index contributed by atoms with van der Waals surface area (Å²) in [6.45, 7) is 4.60. The molecule has 190 valence electrons. The van der Waals surface area contributed by atoms with Gasteiger partial charge in [0.25, 0.3) is 0 Å². The molecule has 0 amide bonds. The summed E-state index contributed by atoms with van der Waals surface area (Å²) in [5, 5.41) is 18.9. The quantitative estimate of drug-likeness (QED) is 0.227. The lowest BCUT2D eigenvalue weighted by molar-refractivity contribution is -0.132. The first-order chi connectivity index (χ1) is 17.9. The van der Waals surface area contributed by atoms with Gasteiger partial charge in [-0.05, 0) is 78.8 Å². The zero-order chi connectivity index (χ0) is 26.5. The van der Waals surface area contributed by atoms with Crippen LogP contribution in [0.2, 0.25) is 0 Å². The van der Waals surface area contributed by atoms with Crippen molar-refractivity contribution in [3.63, 3.8) is 0 Å². The summed E-state index contributed by atoms with van der Waals surface area (Å²) in [5.74, 6) is -0.453. The first-order valence-electron chi connectivity index (χ1n) is 12.8. The number of rotatable bonds is 10. The van der Waals surface area contributed by atoms with E-state index in [0.717, 1.165) is 49.7 Å². The Hall–Kier alpha value is -4.11. The normalized spacial score (nSPS) is 10.3. The van der Waals surface area contributed by atoms with E-state index in [9.17, 15) is 9.90 Å². The number of benzene rings is 4. The van der Waals surface area contributed by atoms with Crippen molar-refractivity contribution in [2.75, 3.05) is 0 Å². The SMILES string of the molecule is C=C(C)C(=O)O.Oc1c(CCc2ccccc2)cc(CCc2ccccc2)cc1CCc1ccccc1. The van der Waals surface area contributed by atoms with Crippen LogP contribution in [0.1, 0.15) is 40.3 Å². The van der Waals surface area contributed by atoms with Crippen molar-refractivity contribution in [1.82, 2.24) is 0 Å². The van der Waals surface area contributed by atoms with E-state index in [0.29, 0.717) is 5.75 Å². The fourth-order valence-corrected chi connectivity index (χ4v) is 4.14. The Labute approximate surface area is 220 Å². The molecular weight excluding hydrogens is 456 g/mol. The molecule has 0 fully saturated rings. The number of aliphatic carboxylic acids is 1. The molecule has 0 aliphatic rings. The van der Waals surface area contributed by atoms with Gasteiger partial charge in [0, 0.05) is 5.57 Å². The summed E-state index contributed by atoms with van der Waals surface area (Å²) in [5.41, 5.74) is 7.59. The molecule has 0 spiro atoms. The second-order valence-corrected chi connectivity index (χ2v) is 9.30. The number of aryl methyl sites for hydroxylation is 6. The Morgan fingerprint density at radius 1 is 0.595 bits per heavy atom. The van der Waals surface area contributed by atoms with E-state index in [4.69, 9.17) is 5.11 Å². The molecule has 37 heavy (non-hydrogen) atoms. The van der Waals surface area contributed by atoms with Gasteiger partial charge in [-0.15, -0.1) is 0 Å². The smallest absolute Gasteiger partial charge is 0.330 e. The molecule has 4 aromatic rings. The molecule has 4 rings (SSSR count). The summed E-state index contributed by atoms with van der Waals surface area (Å²) < 4.78 is 0. The number of carbonyl (C=O) groups is 1. The molecular formula is C34H36O3. The van der Waals surface area contributed by atoms with Crippen molar-refractivity contribution in [1.29, 1.82) is 0 Å². The fraction of sp³-hybridized carbons (Fsp3) is 0.206. The fourth-order valence-electron chi connectivity index (χ4n) is 4.14. The lowest BCUT2D eigenvalue weighted by Gasteiger charge is -2.14. The van der Waals surface area contributed by atoms with Gasteiger partial charge in [-0.25, -0.2) is 4.79 Å². The largest absolute Gasteiger partial charge is 0.507 e. The highest BCUT2D eigenvalue weighted by molar-refractivity contribution is 5.84. The van der Waals surface area contributed by atoms with E-state index >= 15 is 0 Å². The molecule has 0 aliphatic carbocycles. The predicted molar refractivity (Wildman–Crippen MR) is 152 cm³/mol. The zero-order valence-corrected chi connectivity index (χ0v) is 21.6. The van der Waals surface area contributed by atoms with Gasteiger partial charge in [0.1, 0.15) is 5.75 Å². The Morgan fingerprint density at radius 2 is 0.892 bits per heavy atom. The van der Waals surface area contributed by atoms with Crippen LogP contribution in [-0.2, 0) is 43.3 Å². The molecule has 0 saturated heterocycles. The molecule has 2 N–H and O–H groups in total. The molecule has 0 heterocycles. The number of phenols is 1. The van der Waals surface area contributed by atoms with Crippen molar-refractivity contribution < 1.29 is 15.0 Å². The number of aromatic hydroxyl groups is 1. The number of carboxylic acids is 1. The first kappa shape index (κ1) is 27.5. The Balaban J connectivity index is 0.000000568. The molecule has 0 aliphatic heterocycles. The van der Waals surface area contributed by atoms with E-state index in [1.54, 1.807) is 0 Å². The maximum absolute atomic E-state index is 11.1. The molecule has 0 radical (unpaired) electrons. The minimum Gasteiger partial charge on any atom is -0.507 e. The van der Waals surface area contributed by atoms with Gasteiger partial charge in [-0.1, -0.05) is 110 Å². The van der Waals surface area contributed by atoms with Crippen LogP contribution in [0.3, 0.4) is 0 Å². The van der Waals surface area contributed by atoms with Gasteiger partial charge < -0.3 is 10.2 Å². The van der Waals surface area contributed by atoms with Crippen LogP contribution in [-0.4, -0.2) is 16.2 Å². The molecule has 0 bridgehead atoms. The van der Waals surface area contributed by atoms with E-state index < -0.39 is 5.97 Å². The number of phenolic OH excluding ortho intramolecular Hbond substituents is 1. The Morgan fingerprint density at radius 3 is 1.22 bits per heavy atom. The highest BCUT2D eigenvalue weighted by atomic mass is 16.4. The van der Waals surface area contributed by atoms with Crippen LogP contribution < -0.4 is 0 Å². The summed E-state index contributed by atoms with van der Waals surface area (Å²) >= 11 is 0. The first-order valence-corrected chi connectivity index (χ1v) is 12.8. The third-order valence-corrected chi connectivity index (χ3v) is 6.29. The van der Waals surface area contributed by atoms with Crippen LogP contribution in [0.5, 0.6) is 5.75 Å². The van der Waals surface area contributed by atoms with Gasteiger partial charge >= 0.3 is 5.97 Å². The lowest BCUT2D eigenvalue weighted by atomic mass is 9.93. The van der Waals surface area contributed by atoms with E-state index in [-0.39, 0.29) is 5.57 Å². The van der Waals surface area contributed by atoms with Crippen LogP contribution >= 0.6 is 0 Å². The predicted octanol–water partition coefficient (Wildman–Crippen LogP) is 7.39. The average molecular weight is 493 g/mol. The molecule has 0 saturated carbocycles. The van der Waals surface area contributed by atoms with Crippen molar-refractivity contribution in [2.45, 2.75) is 45.4 Å². The zero-order valence-electron chi connectivity index (χ0n) is 21.6. The molecule has 3 nitrogen and oxygen atoms in total. The summed E-state index contributed by atoms with van der Waals surface area (Å²) in [6.07, 6.45) is 5.59. The molecule has 0 unspecified atom stereocenters. The van der Waals surface area contributed by atoms with Crippen LogP contribution in [0.4, 0.5) is 0 Å². The van der Waals surface area contributed by atoms with Crippen LogP contribution in [0.15, 0.2) is 115 Å². The Kier molecular flexibility index (Phi) is 10.7. The standard InChI is InChI=1S/C30H30O.C4H6O2/c31-30-28(20-18-25-12-6-2-7-13-25)22-27(17-16-24-10-4-1-5-11-24)23-29(30)21-19-26-14-8-3-9-15-26;1-3(2)4(5)6/h1-15,22-23,31H,16-21H2;1H2,2H3,(H,5,6). The lowest BCUT2D eigenvalue weighted by Crippen LogP contribution is -2.01. The van der Waals surface area contributed by atoms with Crippen molar-refractivity contribution in [3.05, 3.63) is 149 Å². The summed E-state index contributed by atoms with van der Waals surface area (Å²) in [6, 6.07) is 36.1. The van der Waals surface area contributed by atoms with E-state index in [1.807, 2.05) is 12.1 Å². The average Bonchev–Trinajstić information content (AvgIpc) is 2.93. The van der Waals surface area contributed by atoms with Crippen molar-refractivity contribution in [3.8, 4) is 5.75 Å². The topological polar surface area (TPSA) is 57.5 Å². The second kappa shape index (κ2) is 14.4. The van der Waals surface area contributed by atoms with Crippen LogP contribution in [0, 0.1) is 0 Å². The van der Waals surface area contributed by atoms with Gasteiger partial charge in [0.05, 0.1) is 0 Å². The highest BCUT2D eigenvalue weighted by Crippen LogP contribution is 2.28. The summed E-state index contributed by atoms with van der Waals surface area (Å²) in [4.78, 5) is 9.60. The second-order valence-electron chi connectivity index (χ2n) is 9.30. The number of hydrogen-bond donors (Lipinski definition) is 2. The third-order valence-electron chi connectivity index (χ3n) is 6.29. The highest BCUT2D eigenvalue weighted by Gasteiger charge is 2.11. The van der Waals surface area contributed by atoms with Gasteiger partial charge in [-0.2, -0.15) is 0 Å². The number of carboxylic acid groups (broad SMARTS) is 1. The van der Waals surface area contributed by atoms with Gasteiger partial charge in [0.15, 0.2) is 0 Å². The molecule has 0 atom stereocenters. The van der Waals surface area contributed by atoms with Gasteiger partial charge in [0.2, 0.25) is 0 Å². The molecule has 0 aromatic heterocycles. The van der Waals surface area contributed by atoms with Crippen molar-refractivity contribution >= 4 is 5.97 Å². The molecule has 4 aromatic carbocycles. The van der Waals surface area contributed by atoms with Crippen molar-refractivity contribution in [2.24, 2.45) is 0 Å². The Bertz CT molecular complexity index is 1190. The van der Waals surface area contributed by atoms with E-state index in [1.165, 1.54) is 29.2 Å². The van der Waals surface area contributed by atoms with Gasteiger partial charge in [-0.3, -0.25) is 0 Å².